The largest absolute Gasteiger partial charge is 0.497 e. The van der Waals surface area contributed by atoms with Crippen LogP contribution in [0, 0.1) is 0 Å². The highest BCUT2D eigenvalue weighted by molar-refractivity contribution is 9.10. The van der Waals surface area contributed by atoms with E-state index in [1.165, 1.54) is 19.4 Å². The maximum Gasteiger partial charge on any atom is 0.336 e. The molecule has 0 spiro atoms. The van der Waals surface area contributed by atoms with E-state index >= 15 is 0 Å². The molecule has 1 N–H and O–H groups in total. The molecule has 0 saturated heterocycles. The van der Waals surface area contributed by atoms with Crippen molar-refractivity contribution in [2.24, 2.45) is 5.16 Å². The van der Waals surface area contributed by atoms with Gasteiger partial charge in [-0.15, -0.1) is 0 Å². The first kappa shape index (κ1) is 18.5. The average molecular weight is 406 g/mol. The highest BCUT2D eigenvalue weighted by atomic mass is 79.9. The number of ether oxygens (including phenoxy) is 3. The number of esters is 1. The van der Waals surface area contributed by atoms with E-state index in [9.17, 15) is 4.79 Å². The van der Waals surface area contributed by atoms with E-state index < -0.39 is 5.97 Å². The van der Waals surface area contributed by atoms with E-state index in [-0.39, 0.29) is 5.75 Å². The summed E-state index contributed by atoms with van der Waals surface area (Å²) >= 11 is 3.31. The molecule has 2 rings (SSSR count). The third kappa shape index (κ3) is 5.09. The summed E-state index contributed by atoms with van der Waals surface area (Å²) in [6.07, 6.45) is 4.17. The van der Waals surface area contributed by atoms with E-state index in [4.69, 9.17) is 19.4 Å². The summed E-state index contributed by atoms with van der Waals surface area (Å²) in [5.74, 6) is 0.691. The molecule has 130 valence electrons. The molecule has 25 heavy (non-hydrogen) atoms. The second-order valence-electron chi connectivity index (χ2n) is 4.81. The van der Waals surface area contributed by atoms with Crippen molar-refractivity contribution >= 4 is 34.2 Å². The number of benzene rings is 2. The van der Waals surface area contributed by atoms with Crippen LogP contribution in [0.25, 0.3) is 6.08 Å². The van der Waals surface area contributed by atoms with E-state index in [2.05, 4.69) is 21.1 Å². The lowest BCUT2D eigenvalue weighted by molar-refractivity contribution is -0.129. The zero-order valence-corrected chi connectivity index (χ0v) is 15.2. The molecule has 2 aromatic rings. The van der Waals surface area contributed by atoms with Crippen LogP contribution in [0.2, 0.25) is 0 Å². The van der Waals surface area contributed by atoms with Gasteiger partial charge in [0.2, 0.25) is 0 Å². The molecule has 0 saturated carbocycles. The molecule has 0 aliphatic rings. The summed E-state index contributed by atoms with van der Waals surface area (Å²) in [5.41, 5.74) is 1.38. The number of halogens is 1. The molecule has 0 amide bonds. The molecule has 0 bridgehead atoms. The summed E-state index contributed by atoms with van der Waals surface area (Å²) in [4.78, 5) is 12.1. The van der Waals surface area contributed by atoms with Crippen molar-refractivity contribution in [3.05, 3.63) is 58.1 Å². The van der Waals surface area contributed by atoms with Crippen molar-refractivity contribution < 1.29 is 24.2 Å². The van der Waals surface area contributed by atoms with Crippen LogP contribution in [0.15, 0.2) is 52.1 Å². The Bertz CT molecular complexity index is 817. The number of carbonyl (C=O) groups is 1. The van der Waals surface area contributed by atoms with Crippen molar-refractivity contribution in [2.75, 3.05) is 14.2 Å². The van der Waals surface area contributed by atoms with Gasteiger partial charge in [-0.05, 0) is 51.8 Å². The lowest BCUT2D eigenvalue weighted by Crippen LogP contribution is -2.06. The first-order chi connectivity index (χ1) is 12.1. The maximum atomic E-state index is 12.1. The van der Waals surface area contributed by atoms with Crippen LogP contribution in [-0.2, 0) is 4.79 Å². The quantitative estimate of drug-likeness (QED) is 0.197. The number of nitrogens with zero attached hydrogens (tertiary/aromatic N) is 1. The average Bonchev–Trinajstić information content (AvgIpc) is 2.62. The van der Waals surface area contributed by atoms with Crippen LogP contribution in [0.4, 0.5) is 0 Å². The molecule has 2 aromatic carbocycles. The van der Waals surface area contributed by atoms with Crippen LogP contribution in [0.3, 0.4) is 0 Å². The predicted molar refractivity (Wildman–Crippen MR) is 97.7 cm³/mol. The number of carbonyl (C=O) groups excluding carboxylic acids is 1. The van der Waals surface area contributed by atoms with Crippen LogP contribution in [0.5, 0.6) is 17.2 Å². The van der Waals surface area contributed by atoms with Crippen LogP contribution >= 0.6 is 15.9 Å². The molecule has 0 radical (unpaired) electrons. The Morgan fingerprint density at radius 1 is 1.16 bits per heavy atom. The molecular weight excluding hydrogens is 390 g/mol. The minimum atomic E-state index is -0.564. The molecule has 0 atom stereocenters. The predicted octanol–water partition coefficient (Wildman–Crippen LogP) is 3.89. The van der Waals surface area contributed by atoms with Gasteiger partial charge in [0.1, 0.15) is 5.75 Å². The van der Waals surface area contributed by atoms with Gasteiger partial charge in [0, 0.05) is 11.6 Å². The Morgan fingerprint density at radius 3 is 2.64 bits per heavy atom. The minimum absolute atomic E-state index is 0.234. The van der Waals surface area contributed by atoms with Gasteiger partial charge in [0.15, 0.2) is 11.5 Å². The Balaban J connectivity index is 2.18. The van der Waals surface area contributed by atoms with E-state index in [0.717, 1.165) is 5.56 Å². The van der Waals surface area contributed by atoms with Crippen LogP contribution < -0.4 is 14.2 Å². The minimum Gasteiger partial charge on any atom is -0.497 e. The third-order valence-corrected chi connectivity index (χ3v) is 3.76. The van der Waals surface area contributed by atoms with Gasteiger partial charge in [0.25, 0.3) is 0 Å². The van der Waals surface area contributed by atoms with Crippen LogP contribution in [-0.4, -0.2) is 31.6 Å². The second kappa shape index (κ2) is 8.89. The molecule has 7 heteroatoms. The fraction of sp³-hybridized carbons (Fsp3) is 0.111. The molecular formula is C18H16BrNO5. The fourth-order valence-electron chi connectivity index (χ4n) is 2.02. The number of methoxy groups -OCH3 is 2. The molecule has 0 unspecified atom stereocenters. The Labute approximate surface area is 153 Å². The van der Waals surface area contributed by atoms with Gasteiger partial charge < -0.3 is 19.4 Å². The van der Waals surface area contributed by atoms with Crippen molar-refractivity contribution in [3.8, 4) is 17.2 Å². The Hall–Kier alpha value is -2.80. The van der Waals surface area contributed by atoms with Crippen molar-refractivity contribution in [1.82, 2.24) is 0 Å². The number of oxime groups is 1. The zero-order valence-electron chi connectivity index (χ0n) is 13.6. The topological polar surface area (TPSA) is 77.4 Å². The maximum absolute atomic E-state index is 12.1. The van der Waals surface area contributed by atoms with Crippen molar-refractivity contribution in [3.63, 3.8) is 0 Å². The van der Waals surface area contributed by atoms with Crippen molar-refractivity contribution in [1.29, 1.82) is 0 Å². The first-order valence-electron chi connectivity index (χ1n) is 7.16. The SMILES string of the molecule is COc1cccc(C=CC(=O)Oc2c(Br)cc(/C=N/O)cc2OC)c1. The Morgan fingerprint density at radius 2 is 1.96 bits per heavy atom. The second-order valence-corrected chi connectivity index (χ2v) is 5.66. The highest BCUT2D eigenvalue weighted by Crippen LogP contribution is 2.36. The molecule has 0 aliphatic carbocycles. The van der Waals surface area contributed by atoms with Gasteiger partial charge in [0.05, 0.1) is 24.9 Å². The van der Waals surface area contributed by atoms with E-state index in [1.807, 2.05) is 18.2 Å². The third-order valence-electron chi connectivity index (χ3n) is 3.17. The van der Waals surface area contributed by atoms with Gasteiger partial charge in [-0.2, -0.15) is 0 Å². The summed E-state index contributed by atoms with van der Waals surface area (Å²) in [6.45, 7) is 0. The van der Waals surface area contributed by atoms with Crippen molar-refractivity contribution in [2.45, 2.75) is 0 Å². The number of rotatable bonds is 6. The summed E-state index contributed by atoms with van der Waals surface area (Å²) in [6, 6.07) is 10.5. The number of hydrogen-bond acceptors (Lipinski definition) is 6. The van der Waals surface area contributed by atoms with E-state index in [1.54, 1.807) is 31.4 Å². The lowest BCUT2D eigenvalue weighted by atomic mass is 10.2. The van der Waals surface area contributed by atoms with Crippen LogP contribution in [0.1, 0.15) is 11.1 Å². The molecule has 0 aromatic heterocycles. The smallest absolute Gasteiger partial charge is 0.336 e. The first-order valence-corrected chi connectivity index (χ1v) is 7.95. The van der Waals surface area contributed by atoms with Gasteiger partial charge in [-0.1, -0.05) is 17.3 Å². The molecule has 0 heterocycles. The van der Waals surface area contributed by atoms with E-state index in [0.29, 0.717) is 21.5 Å². The number of hydrogen-bond donors (Lipinski definition) is 1. The monoisotopic (exact) mass is 405 g/mol. The Kier molecular flexibility index (Phi) is 6.59. The summed E-state index contributed by atoms with van der Waals surface area (Å²) in [7, 11) is 3.02. The normalized spacial score (nSPS) is 11.0. The summed E-state index contributed by atoms with van der Waals surface area (Å²) in [5, 5.41) is 11.6. The van der Waals surface area contributed by atoms with Gasteiger partial charge in [-0.25, -0.2) is 4.79 Å². The lowest BCUT2D eigenvalue weighted by Gasteiger charge is -2.11. The summed E-state index contributed by atoms with van der Waals surface area (Å²) < 4.78 is 16.2. The zero-order chi connectivity index (χ0) is 18.2. The standard InChI is InChI=1S/C18H16BrNO5/c1-23-14-5-3-4-12(8-14)6-7-17(21)25-18-15(19)9-13(11-20-22)10-16(18)24-2/h3-11,22H,1-2H3/b7-6?,20-11+. The molecule has 0 aliphatic heterocycles. The molecule has 0 fully saturated rings. The van der Waals surface area contributed by atoms with Gasteiger partial charge in [-0.3, -0.25) is 0 Å². The fourth-order valence-corrected chi connectivity index (χ4v) is 2.56. The highest BCUT2D eigenvalue weighted by Gasteiger charge is 2.14. The van der Waals surface area contributed by atoms with Gasteiger partial charge >= 0.3 is 5.97 Å². The molecule has 6 nitrogen and oxygen atoms in total.